The zero-order valence-electron chi connectivity index (χ0n) is 8.52. The molecule has 0 spiro atoms. The van der Waals surface area contributed by atoms with Crippen LogP contribution in [0.4, 0.5) is 13.2 Å². The van der Waals surface area contributed by atoms with Crippen molar-refractivity contribution in [2.24, 2.45) is 0 Å². The lowest BCUT2D eigenvalue weighted by Gasteiger charge is -2.19. The first-order valence-corrected chi connectivity index (χ1v) is 4.72. The zero-order valence-corrected chi connectivity index (χ0v) is 8.52. The number of fused-ring (bicyclic) bond motifs is 1. The first kappa shape index (κ1) is 10.3. The van der Waals surface area contributed by atoms with Gasteiger partial charge in [0.05, 0.1) is 5.56 Å². The van der Waals surface area contributed by atoms with E-state index in [-0.39, 0.29) is 5.41 Å². The second kappa shape index (κ2) is 2.87. The molecule has 2 rings (SSSR count). The van der Waals surface area contributed by atoms with Crippen LogP contribution >= 0.6 is 0 Å². The van der Waals surface area contributed by atoms with Crippen molar-refractivity contribution in [3.63, 3.8) is 0 Å². The third-order valence-corrected chi connectivity index (χ3v) is 2.75. The van der Waals surface area contributed by atoms with E-state index in [9.17, 15) is 13.2 Å². The summed E-state index contributed by atoms with van der Waals surface area (Å²) in [7, 11) is 0. The normalized spacial score (nSPS) is 17.9. The van der Waals surface area contributed by atoms with E-state index >= 15 is 0 Å². The van der Waals surface area contributed by atoms with Crippen LogP contribution in [0.15, 0.2) is 24.3 Å². The largest absolute Gasteiger partial charge is 0.416 e. The van der Waals surface area contributed by atoms with Gasteiger partial charge in [-0.3, -0.25) is 0 Å². The fourth-order valence-electron chi connectivity index (χ4n) is 1.82. The van der Waals surface area contributed by atoms with E-state index in [1.807, 2.05) is 26.0 Å². The molecule has 1 aliphatic carbocycles. The van der Waals surface area contributed by atoms with Gasteiger partial charge in [-0.25, -0.2) is 0 Å². The van der Waals surface area contributed by atoms with Gasteiger partial charge in [-0.2, -0.15) is 13.2 Å². The van der Waals surface area contributed by atoms with Crippen LogP contribution in [-0.2, 0) is 11.6 Å². The maximum absolute atomic E-state index is 12.5. The quantitative estimate of drug-likeness (QED) is 0.609. The Hall–Kier alpha value is -1.25. The van der Waals surface area contributed by atoms with Gasteiger partial charge in [0.25, 0.3) is 0 Å². The number of allylic oxidation sites excluding steroid dienone is 1. The molecule has 1 aromatic carbocycles. The molecule has 80 valence electrons. The second-order valence-corrected chi connectivity index (χ2v) is 4.35. The van der Waals surface area contributed by atoms with Crippen molar-refractivity contribution in [1.82, 2.24) is 0 Å². The lowest BCUT2D eigenvalue weighted by atomic mass is 9.86. The molecule has 0 bridgehead atoms. The molecule has 0 amide bonds. The second-order valence-electron chi connectivity index (χ2n) is 4.35. The van der Waals surface area contributed by atoms with E-state index in [0.29, 0.717) is 0 Å². The van der Waals surface area contributed by atoms with E-state index in [1.54, 1.807) is 0 Å². The molecule has 0 nitrogen and oxygen atoms in total. The number of hydrogen-bond acceptors (Lipinski definition) is 0. The Morgan fingerprint density at radius 2 is 1.80 bits per heavy atom. The van der Waals surface area contributed by atoms with Gasteiger partial charge in [-0.1, -0.05) is 32.1 Å². The van der Waals surface area contributed by atoms with Crippen molar-refractivity contribution in [1.29, 1.82) is 0 Å². The number of benzene rings is 1. The summed E-state index contributed by atoms with van der Waals surface area (Å²) in [5, 5.41) is 0. The molecule has 0 radical (unpaired) electrons. The topological polar surface area (TPSA) is 0 Å². The summed E-state index contributed by atoms with van der Waals surface area (Å²) in [6, 6.07) is 3.91. The first-order chi connectivity index (χ1) is 6.81. The van der Waals surface area contributed by atoms with Gasteiger partial charge >= 0.3 is 6.18 Å². The van der Waals surface area contributed by atoms with Crippen molar-refractivity contribution in [3.05, 3.63) is 41.0 Å². The maximum Gasteiger partial charge on any atom is 0.416 e. The Labute approximate surface area is 86.4 Å². The highest BCUT2D eigenvalue weighted by molar-refractivity contribution is 5.65. The minimum absolute atomic E-state index is 0.295. The highest BCUT2D eigenvalue weighted by Crippen LogP contribution is 2.39. The Morgan fingerprint density at radius 3 is 2.40 bits per heavy atom. The number of halogens is 3. The molecule has 0 atom stereocenters. The summed E-state index contributed by atoms with van der Waals surface area (Å²) in [6.07, 6.45) is -0.457. The van der Waals surface area contributed by atoms with Crippen LogP contribution in [0, 0.1) is 0 Å². The van der Waals surface area contributed by atoms with Gasteiger partial charge in [0.15, 0.2) is 0 Å². The zero-order chi connectivity index (χ0) is 11.3. The molecule has 3 heteroatoms. The average Bonchev–Trinajstić information content (AvgIpc) is 2.41. The Morgan fingerprint density at radius 1 is 1.13 bits per heavy atom. The summed E-state index contributed by atoms with van der Waals surface area (Å²) in [5.74, 6) is 0. The molecular formula is C12H11F3. The monoisotopic (exact) mass is 212 g/mol. The molecule has 0 saturated heterocycles. The van der Waals surface area contributed by atoms with Crippen molar-refractivity contribution in [2.75, 3.05) is 0 Å². The maximum atomic E-state index is 12.5. The SMILES string of the molecule is CC1(C)C=Cc2ccc(C(F)(F)F)cc21. The standard InChI is InChI=1S/C12H11F3/c1-11(2)6-5-8-3-4-9(7-10(8)11)12(13,14)15/h3-7H,1-2H3. The van der Waals surface area contributed by atoms with Gasteiger partial charge in [0.1, 0.15) is 0 Å². The van der Waals surface area contributed by atoms with Crippen LogP contribution in [-0.4, -0.2) is 0 Å². The molecular weight excluding hydrogens is 201 g/mol. The van der Waals surface area contributed by atoms with Crippen LogP contribution in [0.5, 0.6) is 0 Å². The lowest BCUT2D eigenvalue weighted by molar-refractivity contribution is -0.137. The number of rotatable bonds is 0. The summed E-state index contributed by atoms with van der Waals surface area (Å²) >= 11 is 0. The van der Waals surface area contributed by atoms with Crippen molar-refractivity contribution < 1.29 is 13.2 Å². The van der Waals surface area contributed by atoms with E-state index in [0.717, 1.165) is 17.2 Å². The molecule has 15 heavy (non-hydrogen) atoms. The van der Waals surface area contributed by atoms with E-state index < -0.39 is 11.7 Å². The van der Waals surface area contributed by atoms with Gasteiger partial charge in [-0.05, 0) is 23.3 Å². The molecule has 0 aromatic heterocycles. The summed E-state index contributed by atoms with van der Waals surface area (Å²) in [5.41, 5.74) is 0.764. The molecule has 0 unspecified atom stereocenters. The van der Waals surface area contributed by atoms with E-state index in [4.69, 9.17) is 0 Å². The molecule has 0 fully saturated rings. The van der Waals surface area contributed by atoms with Gasteiger partial charge in [0, 0.05) is 5.41 Å². The summed E-state index contributed by atoms with van der Waals surface area (Å²) in [6.45, 7) is 3.82. The van der Waals surface area contributed by atoms with Crippen molar-refractivity contribution in [2.45, 2.75) is 25.4 Å². The Bertz CT molecular complexity index is 425. The molecule has 1 aromatic rings. The van der Waals surface area contributed by atoms with Gasteiger partial charge < -0.3 is 0 Å². The van der Waals surface area contributed by atoms with Crippen molar-refractivity contribution >= 4 is 6.08 Å². The fraction of sp³-hybridized carbons (Fsp3) is 0.333. The van der Waals surface area contributed by atoms with E-state index in [1.165, 1.54) is 12.1 Å². The van der Waals surface area contributed by atoms with Gasteiger partial charge in [-0.15, -0.1) is 0 Å². The summed E-state index contributed by atoms with van der Waals surface area (Å²) < 4.78 is 37.5. The van der Waals surface area contributed by atoms with Crippen LogP contribution in [0.3, 0.4) is 0 Å². The van der Waals surface area contributed by atoms with Crippen LogP contribution in [0.1, 0.15) is 30.5 Å². The lowest BCUT2D eigenvalue weighted by Crippen LogP contribution is -2.13. The highest BCUT2D eigenvalue weighted by Gasteiger charge is 2.33. The highest BCUT2D eigenvalue weighted by atomic mass is 19.4. The third-order valence-electron chi connectivity index (χ3n) is 2.75. The van der Waals surface area contributed by atoms with E-state index in [2.05, 4.69) is 0 Å². The number of alkyl halides is 3. The van der Waals surface area contributed by atoms with Crippen LogP contribution < -0.4 is 0 Å². The Kier molecular flexibility index (Phi) is 1.97. The Balaban J connectivity index is 2.54. The minimum atomic E-state index is -4.26. The molecule has 0 saturated carbocycles. The van der Waals surface area contributed by atoms with Crippen molar-refractivity contribution in [3.8, 4) is 0 Å². The predicted octanol–water partition coefficient (Wildman–Crippen LogP) is 4.01. The number of hydrogen-bond donors (Lipinski definition) is 0. The molecule has 0 N–H and O–H groups in total. The predicted molar refractivity (Wildman–Crippen MR) is 53.5 cm³/mol. The smallest absolute Gasteiger partial charge is 0.166 e. The first-order valence-electron chi connectivity index (χ1n) is 4.72. The summed E-state index contributed by atoms with van der Waals surface area (Å²) in [4.78, 5) is 0. The van der Waals surface area contributed by atoms with Crippen LogP contribution in [0.25, 0.3) is 6.08 Å². The molecule has 0 aliphatic heterocycles. The minimum Gasteiger partial charge on any atom is -0.166 e. The van der Waals surface area contributed by atoms with Crippen LogP contribution in [0.2, 0.25) is 0 Å². The molecule has 1 aliphatic rings. The van der Waals surface area contributed by atoms with Gasteiger partial charge in [0.2, 0.25) is 0 Å². The molecule has 0 heterocycles. The third kappa shape index (κ3) is 1.66. The average molecular weight is 212 g/mol. The fourth-order valence-corrected chi connectivity index (χ4v) is 1.82.